The van der Waals surface area contributed by atoms with Gasteiger partial charge < -0.3 is 0 Å². The molecule has 0 aliphatic heterocycles. The second-order valence-corrected chi connectivity index (χ2v) is 6.28. The molecule has 5 heteroatoms. The summed E-state index contributed by atoms with van der Waals surface area (Å²) >= 11 is 1.62. The van der Waals surface area contributed by atoms with Gasteiger partial charge in [-0.3, -0.25) is 4.57 Å². The van der Waals surface area contributed by atoms with Gasteiger partial charge in [0.25, 0.3) is 0 Å². The Morgan fingerprint density at radius 1 is 1.19 bits per heavy atom. The van der Waals surface area contributed by atoms with Gasteiger partial charge in [-0.1, -0.05) is 54.2 Å². The Bertz CT molecular complexity index is 843. The average molecular weight is 297 g/mol. The third-order valence-corrected chi connectivity index (χ3v) is 4.82. The van der Waals surface area contributed by atoms with Crippen molar-refractivity contribution in [1.82, 2.24) is 14.8 Å². The number of hydrogen-bond donors (Lipinski definition) is 1. The number of aromatic amines is 1. The van der Waals surface area contributed by atoms with Crippen LogP contribution in [0.2, 0.25) is 0 Å². The van der Waals surface area contributed by atoms with Crippen molar-refractivity contribution in [3.8, 4) is 0 Å². The summed E-state index contributed by atoms with van der Waals surface area (Å²) in [5.41, 5.74) is 1.19. The van der Waals surface area contributed by atoms with Crippen molar-refractivity contribution in [2.75, 3.05) is 0 Å². The zero-order chi connectivity index (χ0) is 14.2. The van der Waals surface area contributed by atoms with Crippen LogP contribution in [0, 0.1) is 0 Å². The van der Waals surface area contributed by atoms with Gasteiger partial charge in [-0.2, -0.15) is 0 Å². The van der Waals surface area contributed by atoms with Crippen molar-refractivity contribution in [3.63, 3.8) is 0 Å². The number of thioether (sulfide) groups is 1. The van der Waals surface area contributed by atoms with E-state index in [0.717, 1.165) is 23.8 Å². The molecule has 0 unspecified atom stereocenters. The van der Waals surface area contributed by atoms with E-state index in [1.54, 1.807) is 16.3 Å². The fourth-order valence-corrected chi connectivity index (χ4v) is 3.63. The predicted molar refractivity (Wildman–Crippen MR) is 84.6 cm³/mol. The molecule has 1 heterocycles. The zero-order valence-electron chi connectivity index (χ0n) is 11.5. The molecule has 0 amide bonds. The fourth-order valence-electron chi connectivity index (χ4n) is 2.61. The van der Waals surface area contributed by atoms with Crippen molar-refractivity contribution in [3.05, 3.63) is 58.5 Å². The van der Waals surface area contributed by atoms with Gasteiger partial charge in [-0.25, -0.2) is 9.89 Å². The molecule has 3 aromatic rings. The van der Waals surface area contributed by atoms with E-state index in [4.69, 9.17) is 0 Å². The molecule has 1 aliphatic carbocycles. The maximum atomic E-state index is 11.8. The van der Waals surface area contributed by atoms with E-state index >= 15 is 0 Å². The van der Waals surface area contributed by atoms with E-state index in [9.17, 15) is 4.79 Å². The predicted octanol–water partition coefficient (Wildman–Crippen LogP) is 3.35. The number of benzene rings is 2. The zero-order valence-corrected chi connectivity index (χ0v) is 12.3. The summed E-state index contributed by atoms with van der Waals surface area (Å²) in [5.74, 6) is 0.818. The van der Waals surface area contributed by atoms with Crippen LogP contribution in [0.3, 0.4) is 0 Å². The van der Waals surface area contributed by atoms with Crippen molar-refractivity contribution in [2.24, 2.45) is 0 Å². The van der Waals surface area contributed by atoms with Crippen LogP contribution in [-0.2, 0) is 5.75 Å². The lowest BCUT2D eigenvalue weighted by atomic mass is 10.1. The van der Waals surface area contributed by atoms with Crippen LogP contribution >= 0.6 is 11.8 Å². The lowest BCUT2D eigenvalue weighted by Crippen LogP contribution is -2.16. The van der Waals surface area contributed by atoms with Gasteiger partial charge in [0.15, 0.2) is 5.16 Å². The molecule has 106 valence electrons. The highest BCUT2D eigenvalue weighted by molar-refractivity contribution is 7.98. The molecule has 1 N–H and O–H groups in total. The van der Waals surface area contributed by atoms with Crippen LogP contribution in [-0.4, -0.2) is 14.8 Å². The topological polar surface area (TPSA) is 50.7 Å². The molecule has 0 bridgehead atoms. The molecule has 4 rings (SSSR count). The lowest BCUT2D eigenvalue weighted by molar-refractivity contribution is 0.642. The van der Waals surface area contributed by atoms with E-state index in [2.05, 4.69) is 52.7 Å². The number of rotatable bonds is 4. The molecule has 21 heavy (non-hydrogen) atoms. The first kappa shape index (κ1) is 12.7. The molecular formula is C16H15N3OS. The van der Waals surface area contributed by atoms with E-state index in [1.165, 1.54) is 16.3 Å². The molecule has 0 spiro atoms. The summed E-state index contributed by atoms with van der Waals surface area (Å²) in [4.78, 5) is 11.8. The first-order valence-electron chi connectivity index (χ1n) is 7.09. The van der Waals surface area contributed by atoms with Crippen molar-refractivity contribution < 1.29 is 0 Å². The van der Waals surface area contributed by atoms with Gasteiger partial charge in [0.05, 0.1) is 0 Å². The number of fused-ring (bicyclic) bond motifs is 1. The highest BCUT2D eigenvalue weighted by Gasteiger charge is 2.28. The van der Waals surface area contributed by atoms with Gasteiger partial charge in [-0.05, 0) is 29.2 Å². The van der Waals surface area contributed by atoms with Crippen LogP contribution < -0.4 is 5.69 Å². The molecule has 2 aromatic carbocycles. The molecule has 4 nitrogen and oxygen atoms in total. The number of nitrogens with zero attached hydrogens (tertiary/aromatic N) is 2. The van der Waals surface area contributed by atoms with Crippen LogP contribution in [0.5, 0.6) is 0 Å². The maximum Gasteiger partial charge on any atom is 0.344 e. The Morgan fingerprint density at radius 3 is 2.86 bits per heavy atom. The minimum Gasteiger partial charge on any atom is -0.267 e. The van der Waals surface area contributed by atoms with E-state index in [0.29, 0.717) is 6.04 Å². The Hall–Kier alpha value is -2.01. The summed E-state index contributed by atoms with van der Waals surface area (Å²) in [6.45, 7) is 0. The van der Waals surface area contributed by atoms with Gasteiger partial charge in [0.2, 0.25) is 0 Å². The van der Waals surface area contributed by atoms with E-state index < -0.39 is 0 Å². The van der Waals surface area contributed by atoms with E-state index in [-0.39, 0.29) is 5.69 Å². The molecule has 1 fully saturated rings. The summed E-state index contributed by atoms with van der Waals surface area (Å²) < 4.78 is 1.80. The largest absolute Gasteiger partial charge is 0.344 e. The lowest BCUT2D eigenvalue weighted by Gasteiger charge is -2.06. The Morgan fingerprint density at radius 2 is 2.00 bits per heavy atom. The van der Waals surface area contributed by atoms with Gasteiger partial charge in [0, 0.05) is 11.8 Å². The standard InChI is InChI=1S/C16H15N3OS/c20-15-17-18-16(19(15)13-8-9-13)21-10-12-6-3-5-11-4-1-2-7-14(11)12/h1-7,13H,8-10H2,(H,17,20). The second-order valence-electron chi connectivity index (χ2n) is 5.34. The van der Waals surface area contributed by atoms with Crippen LogP contribution in [0.25, 0.3) is 10.8 Å². The third-order valence-electron chi connectivity index (χ3n) is 3.82. The quantitative estimate of drug-likeness (QED) is 0.751. The van der Waals surface area contributed by atoms with Gasteiger partial charge >= 0.3 is 5.69 Å². The summed E-state index contributed by atoms with van der Waals surface area (Å²) in [7, 11) is 0. The maximum absolute atomic E-state index is 11.8. The van der Waals surface area contributed by atoms with Crippen LogP contribution in [0.1, 0.15) is 24.4 Å². The van der Waals surface area contributed by atoms with E-state index in [1.807, 2.05) is 0 Å². The SMILES string of the molecule is O=c1[nH]nc(SCc2cccc3ccccc23)n1C1CC1. The van der Waals surface area contributed by atoms with Gasteiger partial charge in [-0.15, -0.1) is 5.10 Å². The highest BCUT2D eigenvalue weighted by atomic mass is 32.2. The van der Waals surface area contributed by atoms with Crippen molar-refractivity contribution >= 4 is 22.5 Å². The highest BCUT2D eigenvalue weighted by Crippen LogP contribution is 2.36. The number of nitrogens with one attached hydrogen (secondary N) is 1. The Balaban J connectivity index is 1.63. The number of hydrogen-bond acceptors (Lipinski definition) is 3. The number of H-pyrrole nitrogens is 1. The molecule has 1 aliphatic rings. The number of aromatic nitrogens is 3. The summed E-state index contributed by atoms with van der Waals surface area (Å²) in [6, 6.07) is 15.1. The molecule has 1 saturated carbocycles. The molecule has 1 aromatic heterocycles. The summed E-state index contributed by atoms with van der Waals surface area (Å²) in [5, 5.41) is 10.0. The van der Waals surface area contributed by atoms with Gasteiger partial charge in [0.1, 0.15) is 0 Å². The Kier molecular flexibility index (Phi) is 3.07. The first-order valence-corrected chi connectivity index (χ1v) is 8.08. The molecular weight excluding hydrogens is 282 g/mol. The van der Waals surface area contributed by atoms with Crippen LogP contribution in [0.4, 0.5) is 0 Å². The third kappa shape index (κ3) is 2.38. The average Bonchev–Trinajstić information content (AvgIpc) is 3.28. The van der Waals surface area contributed by atoms with Crippen molar-refractivity contribution in [2.45, 2.75) is 29.8 Å². The minimum atomic E-state index is -0.0853. The monoisotopic (exact) mass is 297 g/mol. The molecule has 0 atom stereocenters. The molecule has 0 radical (unpaired) electrons. The smallest absolute Gasteiger partial charge is 0.267 e. The minimum absolute atomic E-state index is 0.0853. The van der Waals surface area contributed by atoms with Crippen LogP contribution in [0.15, 0.2) is 52.4 Å². The first-order chi connectivity index (χ1) is 10.3. The normalized spacial score (nSPS) is 14.7. The Labute approximate surface area is 126 Å². The fraction of sp³-hybridized carbons (Fsp3) is 0.250. The second kappa shape index (κ2) is 5.07. The molecule has 0 saturated heterocycles. The van der Waals surface area contributed by atoms with Crippen molar-refractivity contribution in [1.29, 1.82) is 0 Å². The summed E-state index contributed by atoms with van der Waals surface area (Å²) in [6.07, 6.45) is 2.17.